The Hall–Kier alpha value is -1.71. The average Bonchev–Trinajstić information content (AvgIpc) is 2.18. The van der Waals surface area contributed by atoms with Crippen LogP contribution in [0, 0.1) is 0 Å². The van der Waals surface area contributed by atoms with Gasteiger partial charge in [0.25, 0.3) is 0 Å². The topological polar surface area (TPSA) is 58.6 Å². The van der Waals surface area contributed by atoms with Crippen molar-refractivity contribution in [3.8, 4) is 11.5 Å². The summed E-state index contributed by atoms with van der Waals surface area (Å²) in [7, 11) is 0. The number of rotatable bonds is 5. The lowest BCUT2D eigenvalue weighted by Crippen LogP contribution is -2.23. The van der Waals surface area contributed by atoms with E-state index in [1.807, 2.05) is 6.92 Å². The van der Waals surface area contributed by atoms with Crippen molar-refractivity contribution in [1.29, 1.82) is 0 Å². The van der Waals surface area contributed by atoms with Crippen molar-refractivity contribution in [2.75, 3.05) is 13.2 Å². The van der Waals surface area contributed by atoms with Crippen LogP contribution >= 0.6 is 0 Å². The summed E-state index contributed by atoms with van der Waals surface area (Å²) in [6.45, 7) is 4.56. The van der Waals surface area contributed by atoms with Gasteiger partial charge < -0.3 is 19.4 Å². The Balaban J connectivity index is 3.03. The predicted octanol–water partition coefficient (Wildman–Crippen LogP) is 0.847. The van der Waals surface area contributed by atoms with E-state index in [0.29, 0.717) is 19.0 Å². The van der Waals surface area contributed by atoms with Crippen LogP contribution in [-0.2, 0) is 0 Å². The predicted molar refractivity (Wildman–Crippen MR) is 53.1 cm³/mol. The summed E-state index contributed by atoms with van der Waals surface area (Å²) in [6, 6.07) is 4.56. The molecule has 0 aliphatic carbocycles. The van der Waals surface area contributed by atoms with Crippen LogP contribution in [-0.4, -0.2) is 19.2 Å². The Morgan fingerprint density at radius 2 is 1.93 bits per heavy atom. The molecule has 4 nitrogen and oxygen atoms in total. The number of hydrogen-bond donors (Lipinski definition) is 0. The molecule has 0 fully saturated rings. The van der Waals surface area contributed by atoms with Crippen molar-refractivity contribution in [3.63, 3.8) is 0 Å². The van der Waals surface area contributed by atoms with Gasteiger partial charge in [0.15, 0.2) is 0 Å². The molecule has 0 atom stereocenters. The molecule has 0 saturated carbocycles. The lowest BCUT2D eigenvalue weighted by molar-refractivity contribution is -0.255. The molecule has 0 aliphatic heterocycles. The molecule has 82 valence electrons. The first-order valence-electron chi connectivity index (χ1n) is 4.80. The van der Waals surface area contributed by atoms with Gasteiger partial charge in [-0.05, 0) is 26.0 Å². The summed E-state index contributed by atoms with van der Waals surface area (Å²) < 4.78 is 10.4. The minimum atomic E-state index is -1.25. The maximum absolute atomic E-state index is 10.7. The fourth-order valence-electron chi connectivity index (χ4n) is 1.20. The number of hydrogen-bond acceptors (Lipinski definition) is 4. The standard InChI is InChI=1S/C11H14O4/c1-3-14-8-5-6-9(11(12)13)10(7-8)15-4-2/h5-7H,3-4H2,1-2H3,(H,12,13)/p-1. The van der Waals surface area contributed by atoms with Gasteiger partial charge in [-0.2, -0.15) is 0 Å². The van der Waals surface area contributed by atoms with Gasteiger partial charge in [-0.1, -0.05) is 0 Å². The van der Waals surface area contributed by atoms with E-state index in [-0.39, 0.29) is 11.3 Å². The van der Waals surface area contributed by atoms with Crippen LogP contribution in [0.4, 0.5) is 0 Å². The smallest absolute Gasteiger partial charge is 0.132 e. The summed E-state index contributed by atoms with van der Waals surface area (Å²) >= 11 is 0. The Morgan fingerprint density at radius 3 is 2.47 bits per heavy atom. The molecule has 1 aromatic carbocycles. The summed E-state index contributed by atoms with van der Waals surface area (Å²) in [4.78, 5) is 10.7. The van der Waals surface area contributed by atoms with E-state index in [4.69, 9.17) is 9.47 Å². The van der Waals surface area contributed by atoms with Crippen LogP contribution in [0.25, 0.3) is 0 Å². The van der Waals surface area contributed by atoms with E-state index >= 15 is 0 Å². The monoisotopic (exact) mass is 209 g/mol. The van der Waals surface area contributed by atoms with Crippen molar-refractivity contribution in [1.82, 2.24) is 0 Å². The zero-order chi connectivity index (χ0) is 11.3. The quantitative estimate of drug-likeness (QED) is 0.721. The number of benzene rings is 1. The van der Waals surface area contributed by atoms with Crippen LogP contribution < -0.4 is 14.6 Å². The third-order valence-electron chi connectivity index (χ3n) is 1.78. The summed E-state index contributed by atoms with van der Waals surface area (Å²) in [5, 5.41) is 10.7. The molecule has 0 bridgehead atoms. The summed E-state index contributed by atoms with van der Waals surface area (Å²) in [5.74, 6) is -0.379. The van der Waals surface area contributed by atoms with Crippen molar-refractivity contribution >= 4 is 5.97 Å². The maximum atomic E-state index is 10.7. The highest BCUT2D eigenvalue weighted by atomic mass is 16.5. The number of carboxylic acids is 1. The van der Waals surface area contributed by atoms with Gasteiger partial charge in [-0.3, -0.25) is 0 Å². The molecule has 0 amide bonds. The van der Waals surface area contributed by atoms with E-state index in [0.717, 1.165) is 0 Å². The van der Waals surface area contributed by atoms with Gasteiger partial charge in [0.2, 0.25) is 0 Å². The van der Waals surface area contributed by atoms with E-state index < -0.39 is 5.97 Å². The van der Waals surface area contributed by atoms with Crippen LogP contribution in [0.5, 0.6) is 11.5 Å². The Morgan fingerprint density at radius 1 is 1.27 bits per heavy atom. The highest BCUT2D eigenvalue weighted by Crippen LogP contribution is 2.24. The van der Waals surface area contributed by atoms with E-state index in [9.17, 15) is 9.90 Å². The maximum Gasteiger partial charge on any atom is 0.132 e. The molecule has 0 heterocycles. The van der Waals surface area contributed by atoms with Crippen LogP contribution in [0.15, 0.2) is 18.2 Å². The second kappa shape index (κ2) is 5.24. The number of carbonyl (C=O) groups excluding carboxylic acids is 1. The minimum absolute atomic E-state index is 0.0419. The number of carbonyl (C=O) groups is 1. The van der Waals surface area contributed by atoms with E-state index in [1.165, 1.54) is 6.07 Å². The lowest BCUT2D eigenvalue weighted by atomic mass is 10.2. The van der Waals surface area contributed by atoms with Gasteiger partial charge in [0.05, 0.1) is 19.2 Å². The van der Waals surface area contributed by atoms with Gasteiger partial charge in [0, 0.05) is 11.6 Å². The highest BCUT2D eigenvalue weighted by molar-refractivity contribution is 5.89. The van der Waals surface area contributed by atoms with Gasteiger partial charge in [0.1, 0.15) is 11.5 Å². The SMILES string of the molecule is CCOc1ccc(C(=O)[O-])c(OCC)c1. The van der Waals surface area contributed by atoms with Crippen molar-refractivity contribution in [2.45, 2.75) is 13.8 Å². The molecule has 1 rings (SSSR count). The van der Waals surface area contributed by atoms with Gasteiger partial charge >= 0.3 is 0 Å². The average molecular weight is 209 g/mol. The summed E-state index contributed by atoms with van der Waals surface area (Å²) in [5.41, 5.74) is 0.0419. The number of ether oxygens (including phenoxy) is 2. The largest absolute Gasteiger partial charge is 0.545 e. The Bertz CT molecular complexity index is 346. The molecule has 0 aromatic heterocycles. The number of carboxylic acid groups (broad SMARTS) is 1. The molecule has 1 aromatic rings. The number of aromatic carboxylic acids is 1. The Kier molecular flexibility index (Phi) is 3.97. The zero-order valence-electron chi connectivity index (χ0n) is 8.78. The van der Waals surface area contributed by atoms with Crippen molar-refractivity contribution in [2.24, 2.45) is 0 Å². The van der Waals surface area contributed by atoms with Gasteiger partial charge in [-0.25, -0.2) is 0 Å². The fourth-order valence-corrected chi connectivity index (χ4v) is 1.20. The summed E-state index contributed by atoms with van der Waals surface area (Å²) in [6.07, 6.45) is 0. The third-order valence-corrected chi connectivity index (χ3v) is 1.78. The lowest BCUT2D eigenvalue weighted by Gasteiger charge is -2.12. The minimum Gasteiger partial charge on any atom is -0.545 e. The first-order chi connectivity index (χ1) is 7.19. The second-order valence-corrected chi connectivity index (χ2v) is 2.81. The molecule has 0 aliphatic rings. The molecular formula is C11H13O4-. The van der Waals surface area contributed by atoms with Crippen molar-refractivity contribution in [3.05, 3.63) is 23.8 Å². The molecule has 0 saturated heterocycles. The third kappa shape index (κ3) is 2.87. The first kappa shape index (κ1) is 11.4. The Labute approximate surface area is 88.4 Å². The molecule has 0 N–H and O–H groups in total. The molecule has 0 radical (unpaired) electrons. The van der Waals surface area contributed by atoms with E-state index in [1.54, 1.807) is 19.1 Å². The zero-order valence-corrected chi connectivity index (χ0v) is 8.78. The van der Waals surface area contributed by atoms with E-state index in [2.05, 4.69) is 0 Å². The van der Waals surface area contributed by atoms with Crippen molar-refractivity contribution < 1.29 is 19.4 Å². The molecule has 0 unspecified atom stereocenters. The molecule has 0 spiro atoms. The fraction of sp³-hybridized carbons (Fsp3) is 0.364. The molecular weight excluding hydrogens is 196 g/mol. The van der Waals surface area contributed by atoms with Crippen LogP contribution in [0.3, 0.4) is 0 Å². The molecule has 15 heavy (non-hydrogen) atoms. The van der Waals surface area contributed by atoms with Gasteiger partial charge in [-0.15, -0.1) is 0 Å². The highest BCUT2D eigenvalue weighted by Gasteiger charge is 2.06. The van der Waals surface area contributed by atoms with Crippen LogP contribution in [0.1, 0.15) is 24.2 Å². The molecule has 4 heteroatoms. The first-order valence-corrected chi connectivity index (χ1v) is 4.80. The van der Waals surface area contributed by atoms with Crippen LogP contribution in [0.2, 0.25) is 0 Å². The second-order valence-electron chi connectivity index (χ2n) is 2.81. The normalized spacial score (nSPS) is 9.73.